The van der Waals surface area contributed by atoms with Crippen LogP contribution in [0.2, 0.25) is 0 Å². The van der Waals surface area contributed by atoms with Crippen molar-refractivity contribution in [3.8, 4) is 29.3 Å². The van der Waals surface area contributed by atoms with E-state index in [4.69, 9.17) is 9.47 Å². The minimum absolute atomic E-state index is 0.262. The summed E-state index contributed by atoms with van der Waals surface area (Å²) in [5.41, 5.74) is 3.56. The van der Waals surface area contributed by atoms with Crippen LogP contribution in [-0.2, 0) is 22.6 Å². The predicted octanol–water partition coefficient (Wildman–Crippen LogP) is 16.3. The molecule has 6 nitrogen and oxygen atoms in total. The molecule has 0 saturated heterocycles. The molecular formula is C48H64N2O4S4. The maximum atomic E-state index is 12.8. The van der Waals surface area contributed by atoms with E-state index < -0.39 is 0 Å². The summed E-state index contributed by atoms with van der Waals surface area (Å²) in [4.78, 5) is 33.0. The Morgan fingerprint density at radius 1 is 0.431 bits per heavy atom. The molecule has 0 radical (unpaired) electrons. The highest BCUT2D eigenvalue weighted by Crippen LogP contribution is 2.45. The fourth-order valence-electron chi connectivity index (χ4n) is 8.08. The number of aryl methyl sites for hydroxylation is 2. The lowest BCUT2D eigenvalue weighted by molar-refractivity contribution is 0.0580. The number of unbranched alkanes of at least 4 members (excludes halogenated alkanes) is 18. The van der Waals surface area contributed by atoms with E-state index in [1.54, 1.807) is 22.7 Å². The van der Waals surface area contributed by atoms with E-state index in [-0.39, 0.29) is 11.9 Å². The van der Waals surface area contributed by atoms with E-state index in [1.807, 2.05) is 34.8 Å². The van der Waals surface area contributed by atoms with E-state index >= 15 is 0 Å². The molecule has 0 saturated carbocycles. The molecule has 314 valence electrons. The Kier molecular flexibility index (Phi) is 17.6. The molecule has 0 amide bonds. The summed E-state index contributed by atoms with van der Waals surface area (Å²) in [5, 5.41) is 0. The molecule has 6 aromatic rings. The molecule has 0 spiro atoms. The van der Waals surface area contributed by atoms with Crippen LogP contribution in [-0.4, -0.2) is 35.3 Å². The number of hydrogen-bond acceptors (Lipinski definition) is 8. The van der Waals surface area contributed by atoms with Crippen molar-refractivity contribution in [2.24, 2.45) is 0 Å². The fourth-order valence-corrected chi connectivity index (χ4v) is 12.5. The second kappa shape index (κ2) is 23.0. The van der Waals surface area contributed by atoms with E-state index in [0.717, 1.165) is 46.4 Å². The van der Waals surface area contributed by atoms with Crippen LogP contribution in [0, 0.1) is 0 Å². The molecule has 6 rings (SSSR count). The number of methoxy groups -OCH3 is 2. The van der Waals surface area contributed by atoms with Gasteiger partial charge in [-0.15, -0.1) is 45.3 Å². The molecular weight excluding hydrogens is 797 g/mol. The van der Waals surface area contributed by atoms with Crippen molar-refractivity contribution in [1.29, 1.82) is 0 Å². The summed E-state index contributed by atoms with van der Waals surface area (Å²) >= 11 is 7.17. The highest BCUT2D eigenvalue weighted by molar-refractivity contribution is 7.30. The van der Waals surface area contributed by atoms with Crippen molar-refractivity contribution in [2.75, 3.05) is 14.2 Å². The van der Waals surface area contributed by atoms with Gasteiger partial charge in [0.05, 0.1) is 34.7 Å². The standard InChI is InChI=1S/C48H64N2O4S4/c1-5-7-9-11-13-15-17-19-21-23-29-49-35-31-45(57-43(35)33-37(49)47(51)53-3)41-27-25-39(55-41)40-26-28-42(56-40)46-32-36-44(58-46)34-38(48(52)54-4)50(36)30-24-22-20-18-16-14-12-10-8-6-2/h25-28,31-34H,5-24,29-30H2,1-4H3. The summed E-state index contributed by atoms with van der Waals surface area (Å²) in [6.07, 6.45) is 25.8. The van der Waals surface area contributed by atoms with Crippen LogP contribution in [0.1, 0.15) is 163 Å². The van der Waals surface area contributed by atoms with Crippen LogP contribution in [0.25, 0.3) is 49.7 Å². The van der Waals surface area contributed by atoms with Crippen molar-refractivity contribution in [2.45, 2.75) is 155 Å². The van der Waals surface area contributed by atoms with Gasteiger partial charge in [0, 0.05) is 42.4 Å². The molecule has 6 heterocycles. The van der Waals surface area contributed by atoms with Crippen LogP contribution < -0.4 is 0 Å². The number of thiophene rings is 4. The summed E-state index contributed by atoms with van der Waals surface area (Å²) in [5.74, 6) is -0.525. The number of hydrogen-bond donors (Lipinski definition) is 0. The third-order valence-corrected chi connectivity index (χ3v) is 16.3. The summed E-state index contributed by atoms with van der Waals surface area (Å²) < 4.78 is 17.0. The van der Waals surface area contributed by atoms with Gasteiger partial charge in [0.2, 0.25) is 0 Å². The highest BCUT2D eigenvalue weighted by atomic mass is 32.1. The molecule has 0 fully saturated rings. The number of rotatable bonds is 27. The molecule has 10 heteroatoms. The molecule has 6 aromatic heterocycles. The molecule has 0 aliphatic heterocycles. The van der Waals surface area contributed by atoms with Crippen molar-refractivity contribution >= 4 is 77.7 Å². The van der Waals surface area contributed by atoms with Gasteiger partial charge in [-0.1, -0.05) is 129 Å². The Bertz CT molecular complexity index is 2020. The maximum absolute atomic E-state index is 12.8. The van der Waals surface area contributed by atoms with Crippen molar-refractivity contribution < 1.29 is 19.1 Å². The van der Waals surface area contributed by atoms with Gasteiger partial charge in [-0.2, -0.15) is 0 Å². The Hall–Kier alpha value is -3.18. The topological polar surface area (TPSA) is 62.5 Å². The third kappa shape index (κ3) is 11.5. The quantitative estimate of drug-likeness (QED) is 0.0382. The van der Waals surface area contributed by atoms with Crippen molar-refractivity contribution in [3.05, 3.63) is 59.9 Å². The lowest BCUT2D eigenvalue weighted by Crippen LogP contribution is -2.10. The lowest BCUT2D eigenvalue weighted by Gasteiger charge is -2.09. The molecule has 0 aliphatic carbocycles. The largest absolute Gasteiger partial charge is 0.464 e. The first kappa shape index (κ1) is 44.4. The molecule has 58 heavy (non-hydrogen) atoms. The highest BCUT2D eigenvalue weighted by Gasteiger charge is 2.21. The fraction of sp³-hybridized carbons (Fsp3) is 0.542. The van der Waals surface area contributed by atoms with Crippen LogP contribution >= 0.6 is 45.3 Å². The minimum atomic E-state index is -0.262. The predicted molar refractivity (Wildman–Crippen MR) is 252 cm³/mol. The van der Waals surface area contributed by atoms with E-state index in [1.165, 1.54) is 159 Å². The number of aromatic nitrogens is 2. The third-order valence-electron chi connectivity index (χ3n) is 11.4. The van der Waals surface area contributed by atoms with Crippen molar-refractivity contribution in [3.63, 3.8) is 0 Å². The number of carbonyl (C=O) groups is 2. The average Bonchev–Trinajstić information content (AvgIpc) is 4.09. The van der Waals surface area contributed by atoms with Gasteiger partial charge < -0.3 is 18.6 Å². The first-order valence-corrected chi connectivity index (χ1v) is 25.4. The Morgan fingerprint density at radius 3 is 1.07 bits per heavy atom. The first-order chi connectivity index (χ1) is 28.4. The van der Waals surface area contributed by atoms with Gasteiger partial charge in [-0.25, -0.2) is 9.59 Å². The molecule has 0 unspecified atom stereocenters. The van der Waals surface area contributed by atoms with Crippen LogP contribution in [0.4, 0.5) is 0 Å². The number of ether oxygens (including phenoxy) is 2. The zero-order valence-electron chi connectivity index (χ0n) is 35.3. The SMILES string of the molecule is CCCCCCCCCCCCn1c(C(=O)OC)cc2sc(-c3ccc(-c4ccc(-c5cc6c(cc(C(=O)OC)n6CCCCCCCCCCCC)s5)s4)s3)cc21. The Labute approximate surface area is 362 Å². The zero-order valence-corrected chi connectivity index (χ0v) is 38.6. The van der Waals surface area contributed by atoms with E-state index in [2.05, 4.69) is 59.4 Å². The molecule has 0 N–H and O–H groups in total. The van der Waals surface area contributed by atoms with Crippen LogP contribution in [0.15, 0.2) is 48.5 Å². The number of esters is 2. The Morgan fingerprint density at radius 2 is 0.741 bits per heavy atom. The van der Waals surface area contributed by atoms with Crippen LogP contribution in [0.3, 0.4) is 0 Å². The van der Waals surface area contributed by atoms with E-state index in [9.17, 15) is 9.59 Å². The van der Waals surface area contributed by atoms with Gasteiger partial charge in [-0.05, 0) is 61.4 Å². The lowest BCUT2D eigenvalue weighted by atomic mass is 10.1. The van der Waals surface area contributed by atoms with Crippen molar-refractivity contribution in [1.82, 2.24) is 9.13 Å². The second-order valence-corrected chi connectivity index (χ2v) is 20.1. The molecule has 0 atom stereocenters. The van der Waals surface area contributed by atoms with Gasteiger partial charge in [0.25, 0.3) is 0 Å². The number of carbonyl (C=O) groups excluding carboxylic acids is 2. The number of fused-ring (bicyclic) bond motifs is 2. The van der Waals surface area contributed by atoms with Crippen LogP contribution in [0.5, 0.6) is 0 Å². The summed E-state index contributed by atoms with van der Waals surface area (Å²) in [7, 11) is 2.95. The molecule has 0 aromatic carbocycles. The monoisotopic (exact) mass is 860 g/mol. The normalized spacial score (nSPS) is 11.7. The van der Waals surface area contributed by atoms with Gasteiger partial charge in [-0.3, -0.25) is 0 Å². The minimum Gasteiger partial charge on any atom is -0.464 e. The summed E-state index contributed by atoms with van der Waals surface area (Å²) in [6.45, 7) is 6.20. The average molecular weight is 861 g/mol. The zero-order chi connectivity index (χ0) is 40.7. The molecule has 0 aliphatic rings. The maximum Gasteiger partial charge on any atom is 0.354 e. The smallest absolute Gasteiger partial charge is 0.354 e. The second-order valence-electron chi connectivity index (χ2n) is 15.8. The van der Waals surface area contributed by atoms with Gasteiger partial charge in [0.15, 0.2) is 0 Å². The molecule has 0 bridgehead atoms. The number of nitrogens with zero attached hydrogens (tertiary/aromatic N) is 2. The van der Waals surface area contributed by atoms with Gasteiger partial charge >= 0.3 is 11.9 Å². The van der Waals surface area contributed by atoms with Gasteiger partial charge in [0.1, 0.15) is 11.4 Å². The van der Waals surface area contributed by atoms with E-state index in [0.29, 0.717) is 11.4 Å². The Balaban J connectivity index is 1.08. The summed E-state index contributed by atoms with van der Waals surface area (Å²) in [6, 6.07) is 17.5. The first-order valence-electron chi connectivity index (χ1n) is 22.1.